The molecule has 0 spiro atoms. The van der Waals surface area contributed by atoms with Gasteiger partial charge in [0.05, 0.1) is 28.2 Å². The van der Waals surface area contributed by atoms with Crippen molar-refractivity contribution in [2.75, 3.05) is 28.2 Å². The van der Waals surface area contributed by atoms with Crippen molar-refractivity contribution in [3.05, 3.63) is 0 Å². The summed E-state index contributed by atoms with van der Waals surface area (Å²) < 4.78 is 25.2. The van der Waals surface area contributed by atoms with Crippen LogP contribution in [-0.4, -0.2) is 45.6 Å². The first-order valence-corrected chi connectivity index (χ1v) is 3.48. The van der Waals surface area contributed by atoms with E-state index in [0.717, 1.165) is 4.48 Å². The van der Waals surface area contributed by atoms with E-state index < -0.39 is 11.0 Å². The van der Waals surface area contributed by atoms with Crippen molar-refractivity contribution in [2.24, 2.45) is 0 Å². The topological polar surface area (TPSA) is 89.4 Å². The van der Waals surface area contributed by atoms with Crippen molar-refractivity contribution in [3.8, 4) is 0 Å². The van der Waals surface area contributed by atoms with Crippen LogP contribution in [-0.2, 0) is 11.0 Å². The molecule has 0 radical (unpaired) electrons. The Kier molecular flexibility index (Phi) is 11.4. The van der Waals surface area contributed by atoms with E-state index in [1.165, 1.54) is 0 Å². The van der Waals surface area contributed by atoms with E-state index in [-0.39, 0.29) is 6.15 Å². The predicted octanol–water partition coefficient (Wildman–Crippen LogP) is -0.445. The lowest BCUT2D eigenvalue weighted by Crippen LogP contribution is -2.27. The lowest BCUT2D eigenvalue weighted by molar-refractivity contribution is -0.849. The zero-order valence-corrected chi connectivity index (χ0v) is 7.76. The fraction of sp³-hybridized carbons (Fsp3) is 1.00. The van der Waals surface area contributed by atoms with Crippen molar-refractivity contribution < 1.29 is 17.5 Å². The van der Waals surface area contributed by atoms with E-state index in [4.69, 9.17) is 13.0 Å². The third-order valence-electron chi connectivity index (χ3n) is 0. The summed E-state index contributed by atoms with van der Waals surface area (Å²) in [6.45, 7) is 0. The lowest BCUT2D eigenvalue weighted by atomic mass is 10.8. The summed E-state index contributed by atoms with van der Waals surface area (Å²) in [6, 6.07) is 0. The SMILES string of the molecule is C[N+](C)(C)C.N.O=[SH](=O)O. The van der Waals surface area contributed by atoms with Gasteiger partial charge in [0.25, 0.3) is 11.0 Å². The van der Waals surface area contributed by atoms with Crippen LogP contribution in [0.15, 0.2) is 0 Å². The summed E-state index contributed by atoms with van der Waals surface area (Å²) in [5.41, 5.74) is 0. The fourth-order valence-corrected chi connectivity index (χ4v) is 0. The molecule has 6 heteroatoms. The molecule has 0 aromatic carbocycles. The molecule has 0 fully saturated rings. The Morgan fingerprint density at radius 1 is 1.10 bits per heavy atom. The molecular weight excluding hydrogens is 156 g/mol. The highest BCUT2D eigenvalue weighted by molar-refractivity contribution is 7.66. The molecule has 0 heterocycles. The Hall–Kier alpha value is -0.170. The number of quaternary nitrogens is 1. The Morgan fingerprint density at radius 2 is 1.10 bits per heavy atom. The van der Waals surface area contributed by atoms with Gasteiger partial charge in [-0.2, -0.15) is 0 Å². The van der Waals surface area contributed by atoms with Crippen LogP contribution in [0.4, 0.5) is 0 Å². The van der Waals surface area contributed by atoms with Gasteiger partial charge in [-0.15, -0.1) is 0 Å². The number of thiol groups is 1. The lowest BCUT2D eigenvalue weighted by Gasteiger charge is -2.14. The van der Waals surface area contributed by atoms with Gasteiger partial charge >= 0.3 is 0 Å². The van der Waals surface area contributed by atoms with Crippen molar-refractivity contribution in [1.82, 2.24) is 6.15 Å². The average Bonchev–Trinajstić information content (AvgIpc) is 1.19. The minimum Gasteiger partial charge on any atom is -0.344 e. The number of nitrogens with zero attached hydrogens (tertiary/aromatic N) is 1. The molecule has 0 amide bonds. The first-order valence-electron chi connectivity index (χ1n) is 2.35. The molecule has 4 N–H and O–H groups in total. The second-order valence-electron chi connectivity index (χ2n) is 2.92. The quantitative estimate of drug-likeness (QED) is 0.263. The van der Waals surface area contributed by atoms with E-state index in [9.17, 15) is 0 Å². The highest BCUT2D eigenvalue weighted by Gasteiger charge is 1.88. The van der Waals surface area contributed by atoms with Crippen molar-refractivity contribution in [1.29, 1.82) is 0 Å². The summed E-state index contributed by atoms with van der Waals surface area (Å²) >= 11 is 0. The van der Waals surface area contributed by atoms with Crippen LogP contribution in [0.2, 0.25) is 0 Å². The minimum atomic E-state index is -3.12. The van der Waals surface area contributed by atoms with Gasteiger partial charge in [0.2, 0.25) is 0 Å². The molecule has 0 aromatic heterocycles. The fourth-order valence-electron chi connectivity index (χ4n) is 0. The van der Waals surface area contributed by atoms with E-state index in [1.807, 2.05) is 0 Å². The zero-order chi connectivity index (χ0) is 8.08. The van der Waals surface area contributed by atoms with Crippen molar-refractivity contribution in [2.45, 2.75) is 0 Å². The predicted molar refractivity (Wildman–Crippen MR) is 41.9 cm³/mol. The first-order chi connectivity index (χ1) is 3.73. The van der Waals surface area contributed by atoms with Crippen LogP contribution >= 0.6 is 0 Å². The molecule has 0 aliphatic rings. The zero-order valence-electron chi connectivity index (χ0n) is 6.87. The van der Waals surface area contributed by atoms with Crippen LogP contribution in [0.1, 0.15) is 0 Å². The molecule has 0 rings (SSSR count). The van der Waals surface area contributed by atoms with Crippen LogP contribution in [0.3, 0.4) is 0 Å². The molecule has 0 aliphatic heterocycles. The van der Waals surface area contributed by atoms with E-state index >= 15 is 0 Å². The van der Waals surface area contributed by atoms with Crippen LogP contribution in [0, 0.1) is 0 Å². The van der Waals surface area contributed by atoms with Gasteiger partial charge in [0.1, 0.15) is 0 Å². The number of rotatable bonds is 0. The van der Waals surface area contributed by atoms with Gasteiger partial charge in [-0.25, -0.2) is 8.42 Å². The van der Waals surface area contributed by atoms with Gasteiger partial charge in [-0.1, -0.05) is 0 Å². The van der Waals surface area contributed by atoms with Gasteiger partial charge < -0.3 is 10.6 Å². The monoisotopic (exact) mass is 173 g/mol. The molecule has 0 aliphatic carbocycles. The number of hydrogen-bond donors (Lipinski definition) is 3. The summed E-state index contributed by atoms with van der Waals surface area (Å²) in [7, 11) is 5.38. The van der Waals surface area contributed by atoms with Crippen molar-refractivity contribution >= 4 is 11.0 Å². The number of hydrogen-bond acceptors (Lipinski definition) is 3. The summed E-state index contributed by atoms with van der Waals surface area (Å²) in [6.07, 6.45) is 0. The normalized spacial score (nSPS) is 9.40. The van der Waals surface area contributed by atoms with Gasteiger partial charge in [-0.05, 0) is 0 Å². The minimum absolute atomic E-state index is 0. The molecule has 0 saturated carbocycles. The van der Waals surface area contributed by atoms with Gasteiger partial charge in [0, 0.05) is 0 Å². The van der Waals surface area contributed by atoms with E-state index in [2.05, 4.69) is 28.2 Å². The molecule has 0 saturated heterocycles. The molecule has 0 aromatic rings. The summed E-state index contributed by atoms with van der Waals surface area (Å²) in [5.74, 6) is 0. The van der Waals surface area contributed by atoms with Gasteiger partial charge in [0.15, 0.2) is 0 Å². The summed E-state index contributed by atoms with van der Waals surface area (Å²) in [4.78, 5) is 0. The van der Waals surface area contributed by atoms with Gasteiger partial charge in [-0.3, -0.25) is 4.55 Å². The Bertz CT molecular complexity index is 113. The molecule has 5 nitrogen and oxygen atoms in total. The molecule has 0 bridgehead atoms. The molecule has 0 unspecified atom stereocenters. The highest BCUT2D eigenvalue weighted by atomic mass is 32.2. The standard InChI is InChI=1S/C4H12N.H3N.H2O3S/c1-5(2,3)4;;1-4(2)3/h1-4H3;1H3;4H,(H,1,2,3)/q+1;;. The molecule has 0 atom stereocenters. The van der Waals surface area contributed by atoms with Crippen LogP contribution < -0.4 is 6.15 Å². The smallest absolute Gasteiger partial charge is 0.254 e. The summed E-state index contributed by atoms with van der Waals surface area (Å²) in [5, 5.41) is 0. The molecular formula is C4H17N2O3S+. The van der Waals surface area contributed by atoms with Crippen LogP contribution in [0.25, 0.3) is 0 Å². The van der Waals surface area contributed by atoms with E-state index in [0.29, 0.717) is 0 Å². The maximum Gasteiger partial charge on any atom is 0.254 e. The average molecular weight is 173 g/mol. The van der Waals surface area contributed by atoms with Crippen molar-refractivity contribution in [3.63, 3.8) is 0 Å². The van der Waals surface area contributed by atoms with E-state index in [1.54, 1.807) is 0 Å². The molecule has 10 heavy (non-hydrogen) atoms. The third-order valence-corrected chi connectivity index (χ3v) is 0. The largest absolute Gasteiger partial charge is 0.344 e. The maximum atomic E-state index is 8.59. The molecule has 66 valence electrons. The second-order valence-corrected chi connectivity index (χ2v) is 3.40. The Morgan fingerprint density at radius 3 is 1.10 bits per heavy atom. The first kappa shape index (κ1) is 16.4. The maximum absolute atomic E-state index is 8.59. The second kappa shape index (κ2) is 6.94. The third kappa shape index (κ3) is 12600. The highest BCUT2D eigenvalue weighted by Crippen LogP contribution is 1.73. The van der Waals surface area contributed by atoms with Crippen LogP contribution in [0.5, 0.6) is 0 Å². The Balaban J connectivity index is -0.0000000910. The Labute approximate surface area is 63.6 Å².